The number of hydrogen-bond donors (Lipinski definition) is 0. The monoisotopic (exact) mass is 332 g/mol. The summed E-state index contributed by atoms with van der Waals surface area (Å²) in [7, 11) is 8.35. The SMILES string of the molecule is CN(C)CCN(C)C.[C-]1[CH][CH][CH][CH]1.[C-]1[CH][CH][CH][CH][CH][CH]1.[Li+].[Li+].[Ti]. The molecule has 5 heteroatoms. The summed E-state index contributed by atoms with van der Waals surface area (Å²) < 4.78 is 0. The molecule has 0 amide bonds. The molecule has 2 aliphatic rings. The first-order valence-corrected chi connectivity index (χ1v) is 6.74. The molecule has 0 N–H and O–H groups in total. The molecule has 0 aromatic carbocycles. The standard InChI is InChI=1S/C7H6.C6H16N2.C5H4.2Li.Ti/c1-2-4-6-7-5-3-1;1-7(2)5-6-8(3)4;1-2-4-5-3-1;;;/h1-6H;5-6H2,1-4H3;1-4H;;;/q-1;;-1;2*+1;. The van der Waals surface area contributed by atoms with E-state index in [0.717, 1.165) is 13.1 Å². The van der Waals surface area contributed by atoms with Gasteiger partial charge in [-0.15, -0.1) is 0 Å². The van der Waals surface area contributed by atoms with E-state index in [0.29, 0.717) is 0 Å². The third-order valence-corrected chi connectivity index (χ3v) is 2.21. The summed E-state index contributed by atoms with van der Waals surface area (Å²) in [5.74, 6) is 0. The Morgan fingerprint density at radius 3 is 1.09 bits per heavy atom. The molecule has 0 aliphatic heterocycles. The first-order valence-electron chi connectivity index (χ1n) is 6.74. The van der Waals surface area contributed by atoms with Crippen LogP contribution in [0.2, 0.25) is 0 Å². The summed E-state index contributed by atoms with van der Waals surface area (Å²) in [5.41, 5.74) is 0. The Balaban J connectivity index is -0.000000112. The molecule has 12 radical (unpaired) electrons. The summed E-state index contributed by atoms with van der Waals surface area (Å²) >= 11 is 0. The van der Waals surface area contributed by atoms with Crippen LogP contribution in [0, 0.1) is 77.0 Å². The van der Waals surface area contributed by atoms with Crippen molar-refractivity contribution < 1.29 is 59.4 Å². The van der Waals surface area contributed by atoms with E-state index in [9.17, 15) is 0 Å². The average molecular weight is 332 g/mol. The number of hydrogen-bond acceptors (Lipinski definition) is 2. The van der Waals surface area contributed by atoms with Gasteiger partial charge in [-0.25, -0.2) is 25.7 Å². The maximum Gasteiger partial charge on any atom is 1.00 e. The van der Waals surface area contributed by atoms with Crippen LogP contribution in [0.1, 0.15) is 0 Å². The van der Waals surface area contributed by atoms with Gasteiger partial charge in [0.2, 0.25) is 0 Å². The van der Waals surface area contributed by atoms with Crippen molar-refractivity contribution in [3.05, 3.63) is 77.0 Å². The molecular formula is C18H26Li2N2Ti. The van der Waals surface area contributed by atoms with Gasteiger partial charge in [0.05, 0.1) is 0 Å². The van der Waals surface area contributed by atoms with Crippen LogP contribution in [0.15, 0.2) is 0 Å². The van der Waals surface area contributed by atoms with Crippen molar-refractivity contribution in [2.24, 2.45) is 0 Å². The van der Waals surface area contributed by atoms with Crippen LogP contribution < -0.4 is 37.7 Å². The number of likely N-dealkylation sites (N-methyl/N-ethyl adjacent to an activating group) is 2. The minimum absolute atomic E-state index is 0. The minimum Gasteiger partial charge on any atom is -0.474 e. The fourth-order valence-corrected chi connectivity index (χ4v) is 1.08. The van der Waals surface area contributed by atoms with E-state index < -0.39 is 0 Å². The van der Waals surface area contributed by atoms with Crippen molar-refractivity contribution in [2.45, 2.75) is 0 Å². The predicted octanol–water partition coefficient (Wildman–Crippen LogP) is -3.68. The van der Waals surface area contributed by atoms with Crippen molar-refractivity contribution >= 4 is 0 Å². The van der Waals surface area contributed by atoms with Gasteiger partial charge in [0.1, 0.15) is 0 Å². The molecule has 2 fully saturated rings. The normalized spacial score (nSPS) is 16.4. The van der Waals surface area contributed by atoms with Crippen LogP contribution in [0.5, 0.6) is 0 Å². The molecule has 23 heavy (non-hydrogen) atoms. The zero-order chi connectivity index (χ0) is 15.1. The molecule has 2 saturated carbocycles. The molecule has 0 atom stereocenters. The predicted molar refractivity (Wildman–Crippen MR) is 86.6 cm³/mol. The summed E-state index contributed by atoms with van der Waals surface area (Å²) in [6, 6.07) is 0. The summed E-state index contributed by atoms with van der Waals surface area (Å²) in [6.45, 7) is 2.29. The fraction of sp³-hybridized carbons (Fsp3) is 0.333. The van der Waals surface area contributed by atoms with Gasteiger partial charge in [-0.1, -0.05) is 25.7 Å². The van der Waals surface area contributed by atoms with Crippen LogP contribution >= 0.6 is 0 Å². The van der Waals surface area contributed by atoms with Gasteiger partial charge in [0, 0.05) is 34.8 Å². The van der Waals surface area contributed by atoms with Gasteiger partial charge in [-0.05, 0) is 41.0 Å². The van der Waals surface area contributed by atoms with Crippen molar-refractivity contribution in [3.8, 4) is 0 Å². The van der Waals surface area contributed by atoms with E-state index in [1.165, 1.54) is 0 Å². The average Bonchev–Trinajstić information content (AvgIpc) is 2.85. The summed E-state index contributed by atoms with van der Waals surface area (Å²) in [6.07, 6.45) is 25.0. The first-order chi connectivity index (χ1) is 9.63. The maximum atomic E-state index is 2.92. The largest absolute Gasteiger partial charge is 1.00 e. The second-order valence-electron chi connectivity index (χ2n) is 4.76. The van der Waals surface area contributed by atoms with Crippen LogP contribution in [-0.2, 0) is 21.7 Å². The Kier molecular flexibility index (Phi) is 36.8. The van der Waals surface area contributed by atoms with E-state index >= 15 is 0 Å². The molecule has 0 bridgehead atoms. The number of rotatable bonds is 3. The summed E-state index contributed by atoms with van der Waals surface area (Å²) in [4.78, 5) is 4.36. The van der Waals surface area contributed by atoms with Crippen molar-refractivity contribution in [1.29, 1.82) is 0 Å². The molecule has 2 aliphatic carbocycles. The zero-order valence-corrected chi connectivity index (χ0v) is 17.1. The maximum absolute atomic E-state index is 2.92. The molecule has 0 heterocycles. The van der Waals surface area contributed by atoms with Crippen molar-refractivity contribution in [2.75, 3.05) is 41.3 Å². The van der Waals surface area contributed by atoms with Crippen LogP contribution in [0.25, 0.3) is 0 Å². The smallest absolute Gasteiger partial charge is 0.474 e. The van der Waals surface area contributed by atoms with Crippen LogP contribution in [0.4, 0.5) is 0 Å². The molecule has 114 valence electrons. The topological polar surface area (TPSA) is 6.48 Å². The van der Waals surface area contributed by atoms with Crippen LogP contribution in [0.3, 0.4) is 0 Å². The van der Waals surface area contributed by atoms with E-state index in [4.69, 9.17) is 0 Å². The molecular weight excluding hydrogens is 306 g/mol. The van der Waals surface area contributed by atoms with Crippen molar-refractivity contribution in [1.82, 2.24) is 9.80 Å². The molecule has 0 aromatic rings. The van der Waals surface area contributed by atoms with E-state index in [-0.39, 0.29) is 59.4 Å². The molecule has 0 unspecified atom stereocenters. The molecule has 2 rings (SSSR count). The van der Waals surface area contributed by atoms with Gasteiger partial charge in [-0.2, -0.15) is 0 Å². The van der Waals surface area contributed by atoms with E-state index in [1.54, 1.807) is 0 Å². The first kappa shape index (κ1) is 32.5. The minimum atomic E-state index is 0. The fourth-order valence-electron chi connectivity index (χ4n) is 1.08. The molecule has 0 aromatic heterocycles. The Morgan fingerprint density at radius 2 is 0.826 bits per heavy atom. The van der Waals surface area contributed by atoms with Gasteiger partial charge in [0.15, 0.2) is 0 Å². The van der Waals surface area contributed by atoms with Gasteiger partial charge < -0.3 is 22.6 Å². The van der Waals surface area contributed by atoms with E-state index in [1.807, 2.05) is 64.2 Å². The van der Waals surface area contributed by atoms with Gasteiger partial charge in [-0.3, -0.25) is 0 Å². The van der Waals surface area contributed by atoms with Crippen LogP contribution in [-0.4, -0.2) is 51.1 Å². The third-order valence-electron chi connectivity index (χ3n) is 2.21. The second kappa shape index (κ2) is 26.1. The van der Waals surface area contributed by atoms with Gasteiger partial charge in [0.25, 0.3) is 0 Å². The molecule has 0 saturated heterocycles. The van der Waals surface area contributed by atoms with E-state index in [2.05, 4.69) is 50.8 Å². The Morgan fingerprint density at radius 1 is 0.565 bits per heavy atom. The Hall–Kier alpha value is 1.83. The molecule has 0 spiro atoms. The van der Waals surface area contributed by atoms with Crippen molar-refractivity contribution in [3.63, 3.8) is 0 Å². The second-order valence-corrected chi connectivity index (χ2v) is 4.76. The zero-order valence-electron chi connectivity index (χ0n) is 15.6. The Labute approximate surface area is 186 Å². The Bertz CT molecular complexity index is 155. The molecule has 2 nitrogen and oxygen atoms in total. The third kappa shape index (κ3) is 32.0. The number of nitrogens with zero attached hydrogens (tertiary/aromatic N) is 2. The quantitative estimate of drug-likeness (QED) is 0.299. The summed E-state index contributed by atoms with van der Waals surface area (Å²) in [5, 5.41) is 0. The van der Waals surface area contributed by atoms with Gasteiger partial charge >= 0.3 is 37.7 Å².